The van der Waals surface area contributed by atoms with Crippen LogP contribution in [-0.2, 0) is 4.79 Å². The Morgan fingerprint density at radius 2 is 1.83 bits per heavy atom. The summed E-state index contributed by atoms with van der Waals surface area (Å²) < 4.78 is 16.3. The zero-order valence-corrected chi connectivity index (χ0v) is 17.1. The number of carbonyl (C=O) groups excluding carboxylic acids is 2. The van der Waals surface area contributed by atoms with Gasteiger partial charge in [-0.15, -0.1) is 0 Å². The van der Waals surface area contributed by atoms with Gasteiger partial charge in [0.15, 0.2) is 17.3 Å². The number of hydrogen-bond donors (Lipinski definition) is 1. The minimum Gasteiger partial charge on any atom is -0.497 e. The van der Waals surface area contributed by atoms with E-state index in [0.29, 0.717) is 61.3 Å². The molecule has 4 rings (SSSR count). The molecule has 0 saturated carbocycles. The van der Waals surface area contributed by atoms with Gasteiger partial charge in [0, 0.05) is 23.2 Å². The van der Waals surface area contributed by atoms with Crippen LogP contribution in [0.15, 0.2) is 42.5 Å². The van der Waals surface area contributed by atoms with Crippen LogP contribution >= 0.6 is 0 Å². The van der Waals surface area contributed by atoms with Crippen LogP contribution in [-0.4, -0.2) is 56.5 Å². The Kier molecular flexibility index (Phi) is 6.18. The van der Waals surface area contributed by atoms with E-state index in [1.807, 2.05) is 24.3 Å². The Morgan fingerprint density at radius 1 is 1.07 bits per heavy atom. The normalized spacial score (nSPS) is 16.7. The van der Waals surface area contributed by atoms with E-state index in [9.17, 15) is 9.59 Å². The molecule has 1 amide bonds. The molecule has 1 saturated heterocycles. The quantitative estimate of drug-likeness (QED) is 0.738. The average Bonchev–Trinajstić information content (AvgIpc) is 2.79. The van der Waals surface area contributed by atoms with Crippen LogP contribution in [0.25, 0.3) is 0 Å². The number of ether oxygens (including phenoxy) is 3. The molecular formula is C23H26N2O5. The third-order valence-electron chi connectivity index (χ3n) is 5.51. The second-order valence-corrected chi connectivity index (χ2v) is 7.55. The number of anilines is 1. The van der Waals surface area contributed by atoms with Crippen molar-refractivity contribution in [3.63, 3.8) is 0 Å². The summed E-state index contributed by atoms with van der Waals surface area (Å²) in [6.07, 6.45) is 1.47. The van der Waals surface area contributed by atoms with E-state index in [1.54, 1.807) is 25.3 Å². The molecular weight excluding hydrogens is 384 g/mol. The topological polar surface area (TPSA) is 77.1 Å². The predicted molar refractivity (Wildman–Crippen MR) is 113 cm³/mol. The maximum Gasteiger partial charge on any atom is 0.238 e. The lowest BCUT2D eigenvalue weighted by molar-refractivity contribution is -0.117. The molecule has 2 aliphatic heterocycles. The van der Waals surface area contributed by atoms with Gasteiger partial charge < -0.3 is 19.5 Å². The maximum absolute atomic E-state index is 12.9. The SMILES string of the molecule is COc1cccc(NC(=O)CN2CCC(C(=O)c3ccc4c(c3)OCCO4)CC2)c1. The van der Waals surface area contributed by atoms with Gasteiger partial charge in [-0.2, -0.15) is 0 Å². The third-order valence-corrected chi connectivity index (χ3v) is 5.51. The van der Waals surface area contributed by atoms with E-state index in [1.165, 1.54) is 0 Å². The van der Waals surface area contributed by atoms with E-state index in [0.717, 1.165) is 12.8 Å². The maximum atomic E-state index is 12.9. The Labute approximate surface area is 175 Å². The van der Waals surface area contributed by atoms with Gasteiger partial charge >= 0.3 is 0 Å². The smallest absolute Gasteiger partial charge is 0.238 e. The zero-order valence-electron chi connectivity index (χ0n) is 17.1. The summed E-state index contributed by atoms with van der Waals surface area (Å²) in [6, 6.07) is 12.7. The minimum atomic E-state index is -0.0696. The molecule has 0 aromatic heterocycles. The first kappa shape index (κ1) is 20.2. The molecule has 0 atom stereocenters. The molecule has 0 bridgehead atoms. The summed E-state index contributed by atoms with van der Waals surface area (Å²) in [5, 5.41) is 2.90. The van der Waals surface area contributed by atoms with Gasteiger partial charge in [-0.3, -0.25) is 14.5 Å². The Bertz CT molecular complexity index is 922. The molecule has 0 radical (unpaired) electrons. The number of nitrogens with zero attached hydrogens (tertiary/aromatic N) is 1. The molecule has 0 spiro atoms. The lowest BCUT2D eigenvalue weighted by Crippen LogP contribution is -2.40. The molecule has 30 heavy (non-hydrogen) atoms. The average molecular weight is 410 g/mol. The Morgan fingerprint density at radius 3 is 2.60 bits per heavy atom. The first-order chi connectivity index (χ1) is 14.6. The van der Waals surface area contributed by atoms with Crippen LogP contribution in [0.5, 0.6) is 17.2 Å². The molecule has 7 nitrogen and oxygen atoms in total. The summed E-state index contributed by atoms with van der Waals surface area (Å²) in [4.78, 5) is 27.4. The number of Topliss-reactive ketones (excluding diaryl/α,β-unsaturated/α-hetero) is 1. The van der Waals surface area contributed by atoms with Crippen molar-refractivity contribution in [2.75, 3.05) is 45.3 Å². The Balaban J connectivity index is 1.28. The summed E-state index contributed by atoms with van der Waals surface area (Å²) in [6.45, 7) is 2.77. The molecule has 1 fully saturated rings. The number of amides is 1. The van der Waals surface area contributed by atoms with Crippen molar-refractivity contribution < 1.29 is 23.8 Å². The van der Waals surface area contributed by atoms with Crippen molar-refractivity contribution in [3.05, 3.63) is 48.0 Å². The van der Waals surface area contributed by atoms with Crippen LogP contribution in [0.3, 0.4) is 0 Å². The summed E-state index contributed by atoms with van der Waals surface area (Å²) >= 11 is 0. The van der Waals surface area contributed by atoms with Gasteiger partial charge in [0.1, 0.15) is 19.0 Å². The molecule has 2 aromatic rings. The highest BCUT2D eigenvalue weighted by Crippen LogP contribution is 2.32. The fourth-order valence-electron chi connectivity index (χ4n) is 3.89. The van der Waals surface area contributed by atoms with Gasteiger partial charge in [-0.25, -0.2) is 0 Å². The molecule has 158 valence electrons. The van der Waals surface area contributed by atoms with Crippen molar-refractivity contribution in [2.45, 2.75) is 12.8 Å². The first-order valence-electron chi connectivity index (χ1n) is 10.2. The highest BCUT2D eigenvalue weighted by Gasteiger charge is 2.27. The molecule has 0 unspecified atom stereocenters. The minimum absolute atomic E-state index is 0.0368. The number of ketones is 1. The second-order valence-electron chi connectivity index (χ2n) is 7.55. The fraction of sp³-hybridized carbons (Fsp3) is 0.391. The third kappa shape index (κ3) is 4.74. The van der Waals surface area contributed by atoms with Gasteiger partial charge in [-0.1, -0.05) is 6.07 Å². The summed E-state index contributed by atoms with van der Waals surface area (Å²) in [5.74, 6) is 2.05. The fourth-order valence-corrected chi connectivity index (χ4v) is 3.89. The standard InChI is InChI=1S/C23H26N2O5/c1-28-19-4-2-3-18(14-19)24-22(26)15-25-9-7-16(8-10-25)23(27)17-5-6-20-21(13-17)30-12-11-29-20/h2-6,13-14,16H,7-12,15H2,1H3,(H,24,26). The van der Waals surface area contributed by atoms with Gasteiger partial charge in [0.05, 0.1) is 13.7 Å². The largest absolute Gasteiger partial charge is 0.497 e. The van der Waals surface area contributed by atoms with E-state index < -0.39 is 0 Å². The number of fused-ring (bicyclic) bond motifs is 1. The van der Waals surface area contributed by atoms with Crippen molar-refractivity contribution in [1.82, 2.24) is 4.90 Å². The number of methoxy groups -OCH3 is 1. The van der Waals surface area contributed by atoms with Gasteiger partial charge in [0.25, 0.3) is 0 Å². The lowest BCUT2D eigenvalue weighted by atomic mass is 9.88. The second kappa shape index (κ2) is 9.17. The van der Waals surface area contributed by atoms with Crippen LogP contribution in [0.4, 0.5) is 5.69 Å². The summed E-state index contributed by atoms with van der Waals surface area (Å²) in [5.41, 5.74) is 1.37. The van der Waals surface area contributed by atoms with E-state index in [2.05, 4.69) is 10.2 Å². The molecule has 2 aromatic carbocycles. The zero-order chi connectivity index (χ0) is 20.9. The monoisotopic (exact) mass is 410 g/mol. The number of hydrogen-bond acceptors (Lipinski definition) is 6. The van der Waals surface area contributed by atoms with Crippen molar-refractivity contribution in [3.8, 4) is 17.2 Å². The van der Waals surface area contributed by atoms with Crippen molar-refractivity contribution in [2.24, 2.45) is 5.92 Å². The number of carbonyl (C=O) groups is 2. The molecule has 1 N–H and O–H groups in total. The number of likely N-dealkylation sites (tertiary alicyclic amines) is 1. The van der Waals surface area contributed by atoms with E-state index >= 15 is 0 Å². The lowest BCUT2D eigenvalue weighted by Gasteiger charge is -2.30. The van der Waals surface area contributed by atoms with Gasteiger partial charge in [-0.05, 0) is 56.3 Å². The first-order valence-corrected chi connectivity index (χ1v) is 10.2. The van der Waals surface area contributed by atoms with Crippen LogP contribution in [0.2, 0.25) is 0 Å². The van der Waals surface area contributed by atoms with Crippen LogP contribution in [0, 0.1) is 5.92 Å². The van der Waals surface area contributed by atoms with Crippen molar-refractivity contribution in [1.29, 1.82) is 0 Å². The van der Waals surface area contributed by atoms with Crippen LogP contribution < -0.4 is 19.5 Å². The number of rotatable bonds is 6. The van der Waals surface area contributed by atoms with Crippen molar-refractivity contribution >= 4 is 17.4 Å². The van der Waals surface area contributed by atoms with E-state index in [4.69, 9.17) is 14.2 Å². The molecule has 2 aliphatic rings. The van der Waals surface area contributed by atoms with Crippen LogP contribution in [0.1, 0.15) is 23.2 Å². The number of piperidine rings is 1. The Hall–Kier alpha value is -3.06. The number of benzene rings is 2. The molecule has 7 heteroatoms. The molecule has 2 heterocycles. The molecule has 0 aliphatic carbocycles. The highest BCUT2D eigenvalue weighted by atomic mass is 16.6. The highest BCUT2D eigenvalue weighted by molar-refractivity contribution is 5.98. The number of nitrogens with one attached hydrogen (secondary N) is 1. The predicted octanol–water partition coefficient (Wildman–Crippen LogP) is 3.00. The summed E-state index contributed by atoms with van der Waals surface area (Å²) in [7, 11) is 1.59. The van der Waals surface area contributed by atoms with Gasteiger partial charge in [0.2, 0.25) is 5.91 Å². The van der Waals surface area contributed by atoms with E-state index in [-0.39, 0.29) is 17.6 Å².